The van der Waals surface area contributed by atoms with E-state index in [-0.39, 0.29) is 11.8 Å². The highest BCUT2D eigenvalue weighted by atomic mass is 19.1. The number of unbranched alkanes of at least 4 members (excludes halogenated alkanes) is 4. The van der Waals surface area contributed by atoms with Crippen LogP contribution >= 0.6 is 0 Å². The van der Waals surface area contributed by atoms with Gasteiger partial charge in [-0.2, -0.15) is 0 Å². The van der Waals surface area contributed by atoms with Crippen molar-refractivity contribution in [2.45, 2.75) is 134 Å². The van der Waals surface area contributed by atoms with E-state index in [4.69, 9.17) is 0 Å². The fourth-order valence-electron chi connectivity index (χ4n) is 7.55. The summed E-state index contributed by atoms with van der Waals surface area (Å²) < 4.78 is 17.1. The van der Waals surface area contributed by atoms with Crippen LogP contribution in [0.5, 0.6) is 0 Å². The van der Waals surface area contributed by atoms with E-state index < -0.39 is 5.67 Å². The van der Waals surface area contributed by atoms with Crippen molar-refractivity contribution in [1.29, 1.82) is 0 Å². The Morgan fingerprint density at radius 1 is 0.714 bits per heavy atom. The molecule has 1 aromatic carbocycles. The number of allylic oxidation sites excluding steroid dienone is 4. The van der Waals surface area contributed by atoms with Gasteiger partial charge in [0, 0.05) is 5.92 Å². The third kappa shape index (κ3) is 6.69. The van der Waals surface area contributed by atoms with Crippen LogP contribution in [0.15, 0.2) is 48.6 Å². The largest absolute Gasteiger partial charge is 0.238 e. The molecule has 2 saturated carbocycles. The molecule has 2 atom stereocenters. The second kappa shape index (κ2) is 13.3. The molecule has 1 aromatic rings. The van der Waals surface area contributed by atoms with Gasteiger partial charge in [0.2, 0.25) is 0 Å². The van der Waals surface area contributed by atoms with Crippen molar-refractivity contribution in [1.82, 2.24) is 0 Å². The fourth-order valence-corrected chi connectivity index (χ4v) is 7.55. The van der Waals surface area contributed by atoms with Crippen molar-refractivity contribution in [2.24, 2.45) is 17.8 Å². The lowest BCUT2D eigenvalue weighted by Crippen LogP contribution is -2.40. The molecule has 194 valence electrons. The molecule has 1 heteroatoms. The first-order valence-corrected chi connectivity index (χ1v) is 15.3. The average Bonchev–Trinajstić information content (AvgIpc) is 2.90. The van der Waals surface area contributed by atoms with E-state index in [2.05, 4.69) is 50.3 Å². The highest BCUT2D eigenvalue weighted by Gasteiger charge is 2.46. The summed E-state index contributed by atoms with van der Waals surface area (Å²) in [5.41, 5.74) is 1.48. The second-order valence-electron chi connectivity index (χ2n) is 12.1. The Morgan fingerprint density at radius 3 is 1.89 bits per heavy atom. The molecule has 0 N–H and O–H groups in total. The Kier molecular flexibility index (Phi) is 10.1. The Balaban J connectivity index is 1.44. The van der Waals surface area contributed by atoms with Gasteiger partial charge >= 0.3 is 0 Å². The Labute approximate surface area is 215 Å². The van der Waals surface area contributed by atoms with E-state index in [0.29, 0.717) is 5.92 Å². The number of halogens is 1. The number of benzene rings is 1. The van der Waals surface area contributed by atoms with E-state index >= 15 is 4.39 Å². The molecular formula is C34H51F. The summed E-state index contributed by atoms with van der Waals surface area (Å²) in [6, 6.07) is 8.92. The molecule has 2 unspecified atom stereocenters. The lowest BCUT2D eigenvalue weighted by atomic mass is 9.64. The second-order valence-corrected chi connectivity index (χ2v) is 12.1. The molecule has 3 aliphatic carbocycles. The van der Waals surface area contributed by atoms with Crippen LogP contribution in [0.1, 0.15) is 140 Å². The average molecular weight is 479 g/mol. The standard InChI is InChI=1S/C34H51F/c1-3-5-7-13-27-18-22-29(23-19-27)31-15-9-10-16-32(31)33-17-11-12-26-34(33,35)30-24-20-28(21-25-30)14-8-6-4-2/h9-12,15-17,26-30,33H,3-8,13-14,18-25H2,1-2H3/t27-,28-,29-,30-,33?,34?. The van der Waals surface area contributed by atoms with E-state index in [9.17, 15) is 0 Å². The predicted octanol–water partition coefficient (Wildman–Crippen LogP) is 10.8. The molecule has 0 spiro atoms. The van der Waals surface area contributed by atoms with Crippen molar-refractivity contribution in [3.8, 4) is 0 Å². The topological polar surface area (TPSA) is 0 Å². The van der Waals surface area contributed by atoms with Crippen LogP contribution in [0, 0.1) is 17.8 Å². The molecule has 0 bridgehead atoms. The molecule has 0 amide bonds. The van der Waals surface area contributed by atoms with E-state index in [1.165, 1.54) is 101 Å². The summed E-state index contributed by atoms with van der Waals surface area (Å²) in [5.74, 6) is 2.36. The zero-order valence-electron chi connectivity index (χ0n) is 22.7. The van der Waals surface area contributed by atoms with E-state index in [1.54, 1.807) is 0 Å². The highest BCUT2D eigenvalue weighted by molar-refractivity contribution is 5.42. The predicted molar refractivity (Wildman–Crippen MR) is 150 cm³/mol. The monoisotopic (exact) mass is 478 g/mol. The van der Waals surface area contributed by atoms with Crippen LogP contribution < -0.4 is 0 Å². The Morgan fingerprint density at radius 2 is 1.29 bits per heavy atom. The molecule has 35 heavy (non-hydrogen) atoms. The summed E-state index contributed by atoms with van der Waals surface area (Å²) in [5, 5.41) is 0. The summed E-state index contributed by atoms with van der Waals surface area (Å²) >= 11 is 0. The van der Waals surface area contributed by atoms with Crippen LogP contribution in [-0.2, 0) is 0 Å². The maximum absolute atomic E-state index is 17.1. The van der Waals surface area contributed by atoms with Gasteiger partial charge in [-0.3, -0.25) is 0 Å². The number of rotatable bonds is 11. The van der Waals surface area contributed by atoms with Crippen molar-refractivity contribution in [2.75, 3.05) is 0 Å². The minimum atomic E-state index is -1.24. The molecule has 4 rings (SSSR count). The van der Waals surface area contributed by atoms with Crippen molar-refractivity contribution >= 4 is 0 Å². The van der Waals surface area contributed by atoms with Crippen molar-refractivity contribution in [3.63, 3.8) is 0 Å². The Hall–Kier alpha value is -1.37. The van der Waals surface area contributed by atoms with Crippen molar-refractivity contribution < 1.29 is 4.39 Å². The number of hydrogen-bond donors (Lipinski definition) is 0. The SMILES string of the molecule is CCCCC[C@H]1CC[C@H](c2ccccc2C2C=CC=CC2(F)[C@H]2CC[C@H](CCCCC)CC2)CC1. The van der Waals surface area contributed by atoms with Gasteiger partial charge in [0.15, 0.2) is 0 Å². The lowest BCUT2D eigenvalue weighted by molar-refractivity contribution is 0.0727. The summed E-state index contributed by atoms with van der Waals surface area (Å²) in [7, 11) is 0. The molecule has 3 aliphatic rings. The van der Waals surface area contributed by atoms with Gasteiger partial charge < -0.3 is 0 Å². The maximum atomic E-state index is 17.1. The molecule has 0 aliphatic heterocycles. The van der Waals surface area contributed by atoms with Gasteiger partial charge in [0.1, 0.15) is 5.67 Å². The summed E-state index contributed by atoms with van der Waals surface area (Å²) in [4.78, 5) is 0. The van der Waals surface area contributed by atoms with Crippen LogP contribution in [0.4, 0.5) is 4.39 Å². The molecular weight excluding hydrogens is 427 g/mol. The third-order valence-electron chi connectivity index (χ3n) is 9.76. The first kappa shape index (κ1) is 26.7. The molecule has 0 aromatic heterocycles. The van der Waals surface area contributed by atoms with Crippen LogP contribution in [0.25, 0.3) is 0 Å². The fraction of sp³-hybridized carbons (Fsp3) is 0.706. The van der Waals surface area contributed by atoms with Crippen LogP contribution in [0.3, 0.4) is 0 Å². The van der Waals surface area contributed by atoms with Gasteiger partial charge in [-0.1, -0.05) is 121 Å². The normalized spacial score (nSPS) is 33.2. The molecule has 2 fully saturated rings. The minimum absolute atomic E-state index is 0.132. The number of hydrogen-bond acceptors (Lipinski definition) is 0. The number of alkyl halides is 1. The quantitative estimate of drug-likeness (QED) is 0.277. The highest BCUT2D eigenvalue weighted by Crippen LogP contribution is 2.51. The smallest absolute Gasteiger partial charge is 0.142 e. The van der Waals surface area contributed by atoms with Gasteiger partial charge in [-0.15, -0.1) is 0 Å². The third-order valence-corrected chi connectivity index (χ3v) is 9.76. The lowest BCUT2D eigenvalue weighted by Gasteiger charge is -2.43. The van der Waals surface area contributed by atoms with E-state index in [1.807, 2.05) is 12.2 Å². The zero-order chi connectivity index (χ0) is 24.5. The Bertz CT molecular complexity index is 806. The van der Waals surface area contributed by atoms with Crippen molar-refractivity contribution in [3.05, 3.63) is 59.7 Å². The van der Waals surface area contributed by atoms with Crippen LogP contribution in [0.2, 0.25) is 0 Å². The molecule has 0 heterocycles. The zero-order valence-corrected chi connectivity index (χ0v) is 22.7. The first-order chi connectivity index (χ1) is 17.2. The maximum Gasteiger partial charge on any atom is 0.142 e. The van der Waals surface area contributed by atoms with Gasteiger partial charge in [-0.25, -0.2) is 4.39 Å². The van der Waals surface area contributed by atoms with Gasteiger partial charge in [-0.05, 0) is 79.4 Å². The summed E-state index contributed by atoms with van der Waals surface area (Å²) in [6.07, 6.45) is 28.8. The van der Waals surface area contributed by atoms with Gasteiger partial charge in [0.05, 0.1) is 0 Å². The molecule has 0 nitrogen and oxygen atoms in total. The summed E-state index contributed by atoms with van der Waals surface area (Å²) in [6.45, 7) is 4.58. The first-order valence-electron chi connectivity index (χ1n) is 15.3. The van der Waals surface area contributed by atoms with Crippen LogP contribution in [-0.4, -0.2) is 5.67 Å². The minimum Gasteiger partial charge on any atom is -0.238 e. The molecule has 0 radical (unpaired) electrons. The van der Waals surface area contributed by atoms with E-state index in [0.717, 1.165) is 24.7 Å². The van der Waals surface area contributed by atoms with Gasteiger partial charge in [0.25, 0.3) is 0 Å². The molecule has 0 saturated heterocycles.